The van der Waals surface area contributed by atoms with E-state index < -0.39 is 0 Å². The number of hydrogen-bond acceptors (Lipinski definition) is 3. The van der Waals surface area contributed by atoms with Crippen LogP contribution in [0.1, 0.15) is 50.4 Å². The van der Waals surface area contributed by atoms with Crippen molar-refractivity contribution in [3.05, 3.63) is 47.5 Å². The van der Waals surface area contributed by atoms with Crippen LogP contribution in [0.4, 0.5) is 0 Å². The zero-order chi connectivity index (χ0) is 16.4. The first-order valence-corrected chi connectivity index (χ1v) is 8.35. The van der Waals surface area contributed by atoms with Crippen molar-refractivity contribution >= 4 is 5.91 Å². The Morgan fingerprint density at radius 2 is 1.96 bits per heavy atom. The van der Waals surface area contributed by atoms with Gasteiger partial charge in [-0.05, 0) is 24.8 Å². The summed E-state index contributed by atoms with van der Waals surface area (Å²) in [6, 6.07) is 10.1. The first-order chi connectivity index (χ1) is 11.1. The zero-order valence-corrected chi connectivity index (χ0v) is 14.1. The molecular formula is C18H24N4O. The molecule has 0 saturated carbocycles. The van der Waals surface area contributed by atoms with Crippen LogP contribution >= 0.6 is 0 Å². The maximum Gasteiger partial charge on any atom is 0.246 e. The molecule has 0 fully saturated rings. The van der Waals surface area contributed by atoms with Gasteiger partial charge in [-0.15, -0.1) is 10.2 Å². The molecule has 0 radical (unpaired) electrons. The Morgan fingerprint density at radius 3 is 2.61 bits per heavy atom. The summed E-state index contributed by atoms with van der Waals surface area (Å²) < 4.78 is 2.08. The smallest absolute Gasteiger partial charge is 0.246 e. The van der Waals surface area contributed by atoms with E-state index in [9.17, 15) is 4.79 Å². The molecule has 1 amide bonds. The number of fused-ring (bicyclic) bond motifs is 1. The molecule has 23 heavy (non-hydrogen) atoms. The lowest BCUT2D eigenvalue weighted by atomic mass is 10.00. The van der Waals surface area contributed by atoms with Gasteiger partial charge in [0.15, 0.2) is 5.82 Å². The fourth-order valence-electron chi connectivity index (χ4n) is 3.22. The second-order valence-electron chi connectivity index (χ2n) is 6.56. The highest BCUT2D eigenvalue weighted by molar-refractivity contribution is 5.81. The van der Waals surface area contributed by atoms with Crippen LogP contribution in [0.15, 0.2) is 30.3 Å². The van der Waals surface area contributed by atoms with Crippen molar-refractivity contribution in [1.29, 1.82) is 0 Å². The zero-order valence-electron chi connectivity index (χ0n) is 14.1. The maximum atomic E-state index is 12.8. The third-order valence-corrected chi connectivity index (χ3v) is 4.36. The molecule has 1 aliphatic heterocycles. The summed E-state index contributed by atoms with van der Waals surface area (Å²) in [6.07, 6.45) is 1.53. The lowest BCUT2D eigenvalue weighted by molar-refractivity contribution is -0.137. The van der Waals surface area contributed by atoms with Gasteiger partial charge in [-0.3, -0.25) is 4.79 Å². The highest BCUT2D eigenvalue weighted by atomic mass is 16.2. The number of carbonyl (C=O) groups excluding carboxylic acids is 1. The number of rotatable bonds is 5. The molecule has 1 aromatic carbocycles. The number of benzene rings is 1. The normalized spacial score (nSPS) is 17.7. The summed E-state index contributed by atoms with van der Waals surface area (Å²) >= 11 is 0. The summed E-state index contributed by atoms with van der Waals surface area (Å²) in [5.41, 5.74) is 1.19. The summed E-state index contributed by atoms with van der Waals surface area (Å²) in [4.78, 5) is 14.7. The summed E-state index contributed by atoms with van der Waals surface area (Å²) in [5, 5.41) is 8.75. The number of amides is 1. The van der Waals surface area contributed by atoms with E-state index >= 15 is 0 Å². The van der Waals surface area contributed by atoms with Crippen molar-refractivity contribution in [3.63, 3.8) is 0 Å². The van der Waals surface area contributed by atoms with Gasteiger partial charge >= 0.3 is 0 Å². The molecular weight excluding hydrogens is 288 g/mol. The summed E-state index contributed by atoms with van der Waals surface area (Å²) in [7, 11) is 0. The molecule has 122 valence electrons. The van der Waals surface area contributed by atoms with Crippen molar-refractivity contribution < 1.29 is 4.79 Å². The third kappa shape index (κ3) is 3.14. The Kier molecular flexibility index (Phi) is 4.46. The molecule has 2 aromatic rings. The number of nitrogens with zero attached hydrogens (tertiary/aromatic N) is 4. The summed E-state index contributed by atoms with van der Waals surface area (Å²) in [5.74, 6) is 2.44. The highest BCUT2D eigenvalue weighted by Crippen LogP contribution is 2.29. The molecule has 5 heteroatoms. The van der Waals surface area contributed by atoms with Gasteiger partial charge in [-0.2, -0.15) is 0 Å². The predicted octanol–water partition coefficient (Wildman–Crippen LogP) is 2.82. The molecule has 2 heterocycles. The van der Waals surface area contributed by atoms with E-state index in [1.165, 1.54) is 5.56 Å². The van der Waals surface area contributed by atoms with Gasteiger partial charge in [0.2, 0.25) is 5.91 Å². The van der Waals surface area contributed by atoms with Crippen LogP contribution in [0.25, 0.3) is 0 Å². The average molecular weight is 312 g/mol. The van der Waals surface area contributed by atoms with Crippen LogP contribution in [0, 0.1) is 5.92 Å². The minimum absolute atomic E-state index is 0.174. The van der Waals surface area contributed by atoms with Crippen LogP contribution in [0.3, 0.4) is 0 Å². The van der Waals surface area contributed by atoms with Crippen LogP contribution in [-0.4, -0.2) is 32.1 Å². The van der Waals surface area contributed by atoms with E-state index in [1.807, 2.05) is 30.0 Å². The molecule has 0 bridgehead atoms. The van der Waals surface area contributed by atoms with Gasteiger partial charge in [0.05, 0.1) is 6.54 Å². The van der Waals surface area contributed by atoms with Crippen LogP contribution < -0.4 is 0 Å². The van der Waals surface area contributed by atoms with E-state index in [2.05, 4.69) is 40.7 Å². The van der Waals surface area contributed by atoms with E-state index in [-0.39, 0.29) is 11.9 Å². The molecule has 3 rings (SSSR count). The standard InChI is InChI=1S/C18H24N4O/c1-4-21-12-17-20-19-16(11-14-8-6-5-7-9-14)22(17)15(18(21)23)10-13(2)3/h5-9,13,15H,4,10-12H2,1-3H3/t15-/m0/s1. The Hall–Kier alpha value is -2.17. The first-order valence-electron chi connectivity index (χ1n) is 8.35. The number of hydrogen-bond donors (Lipinski definition) is 0. The Labute approximate surface area is 137 Å². The molecule has 0 unspecified atom stereocenters. The van der Waals surface area contributed by atoms with E-state index in [4.69, 9.17) is 0 Å². The molecule has 0 spiro atoms. The van der Waals surface area contributed by atoms with E-state index in [0.29, 0.717) is 25.4 Å². The molecule has 0 aliphatic carbocycles. The average Bonchev–Trinajstić information content (AvgIpc) is 2.93. The number of aromatic nitrogens is 3. The van der Waals surface area contributed by atoms with Crippen molar-refractivity contribution in [2.75, 3.05) is 6.54 Å². The monoisotopic (exact) mass is 312 g/mol. The second-order valence-corrected chi connectivity index (χ2v) is 6.56. The van der Waals surface area contributed by atoms with Crippen molar-refractivity contribution in [3.8, 4) is 0 Å². The lowest BCUT2D eigenvalue weighted by Crippen LogP contribution is -2.43. The van der Waals surface area contributed by atoms with Gasteiger partial charge in [-0.1, -0.05) is 44.2 Å². The van der Waals surface area contributed by atoms with E-state index in [1.54, 1.807) is 0 Å². The molecule has 0 saturated heterocycles. The van der Waals surface area contributed by atoms with Gasteiger partial charge in [0.25, 0.3) is 0 Å². The SMILES string of the molecule is CCN1Cc2nnc(Cc3ccccc3)n2[C@@H](CC(C)C)C1=O. The fourth-order valence-corrected chi connectivity index (χ4v) is 3.22. The topological polar surface area (TPSA) is 51.0 Å². The van der Waals surface area contributed by atoms with Gasteiger partial charge in [0.1, 0.15) is 11.9 Å². The van der Waals surface area contributed by atoms with Gasteiger partial charge < -0.3 is 9.47 Å². The Balaban J connectivity index is 1.97. The lowest BCUT2D eigenvalue weighted by Gasteiger charge is -2.34. The number of carbonyl (C=O) groups is 1. The van der Waals surface area contributed by atoms with Gasteiger partial charge in [0, 0.05) is 13.0 Å². The molecule has 5 nitrogen and oxygen atoms in total. The quantitative estimate of drug-likeness (QED) is 0.853. The molecule has 1 aliphatic rings. The van der Waals surface area contributed by atoms with Crippen molar-refractivity contribution in [2.45, 2.75) is 46.2 Å². The Bertz CT molecular complexity index is 678. The van der Waals surface area contributed by atoms with Crippen LogP contribution in [0.5, 0.6) is 0 Å². The van der Waals surface area contributed by atoms with E-state index in [0.717, 1.165) is 18.1 Å². The van der Waals surface area contributed by atoms with Crippen LogP contribution in [0.2, 0.25) is 0 Å². The third-order valence-electron chi connectivity index (χ3n) is 4.36. The molecule has 1 aromatic heterocycles. The summed E-state index contributed by atoms with van der Waals surface area (Å²) in [6.45, 7) is 7.60. The Morgan fingerprint density at radius 1 is 1.22 bits per heavy atom. The molecule has 0 N–H and O–H groups in total. The fraction of sp³-hybridized carbons (Fsp3) is 0.500. The minimum Gasteiger partial charge on any atom is -0.334 e. The number of likely N-dealkylation sites (N-methyl/N-ethyl adjacent to an activating group) is 1. The van der Waals surface area contributed by atoms with Gasteiger partial charge in [-0.25, -0.2) is 0 Å². The van der Waals surface area contributed by atoms with Crippen LogP contribution in [-0.2, 0) is 17.8 Å². The molecule has 1 atom stereocenters. The first kappa shape index (κ1) is 15.7. The second kappa shape index (κ2) is 6.52. The minimum atomic E-state index is -0.174. The predicted molar refractivity (Wildman–Crippen MR) is 88.9 cm³/mol. The maximum absolute atomic E-state index is 12.8. The van der Waals surface area contributed by atoms with Crippen molar-refractivity contribution in [2.24, 2.45) is 5.92 Å². The van der Waals surface area contributed by atoms with Crippen molar-refractivity contribution in [1.82, 2.24) is 19.7 Å². The highest BCUT2D eigenvalue weighted by Gasteiger charge is 2.35. The largest absolute Gasteiger partial charge is 0.334 e.